The van der Waals surface area contributed by atoms with Gasteiger partial charge >= 0.3 is 0 Å². The van der Waals surface area contributed by atoms with Gasteiger partial charge in [-0.15, -0.1) is 0 Å². The van der Waals surface area contributed by atoms with Crippen LogP contribution in [0.15, 0.2) is 23.0 Å². The number of fused-ring (bicyclic) bond motifs is 4. The molecule has 0 heterocycles. The number of allylic oxidation sites excluding steroid dienone is 3. The van der Waals surface area contributed by atoms with E-state index in [1.165, 1.54) is 89.2 Å². The van der Waals surface area contributed by atoms with E-state index in [0.717, 1.165) is 30.1 Å². The van der Waals surface area contributed by atoms with Crippen LogP contribution in [0.5, 0.6) is 0 Å². The lowest BCUT2D eigenvalue weighted by atomic mass is 9.55. The van der Waals surface area contributed by atoms with E-state index < -0.39 is 0 Å². The molecule has 0 saturated heterocycles. The molecule has 0 aromatic rings. The molecule has 0 aromatic carbocycles. The number of hydrogen-bond acceptors (Lipinski definition) is 1. The molecule has 0 unspecified atom stereocenters. The van der Waals surface area contributed by atoms with Crippen molar-refractivity contribution in [1.82, 2.24) is 0 Å². The molecule has 0 radical (unpaired) electrons. The fraction of sp³-hybridized carbons (Fsp3) is 0.852. The van der Waals surface area contributed by atoms with Crippen molar-refractivity contribution in [3.8, 4) is 0 Å². The largest absolute Gasteiger partial charge is 0.501 e. The Labute approximate surface area is 174 Å². The van der Waals surface area contributed by atoms with Crippen molar-refractivity contribution in [3.05, 3.63) is 23.0 Å². The van der Waals surface area contributed by atoms with Crippen molar-refractivity contribution in [1.29, 1.82) is 0 Å². The van der Waals surface area contributed by atoms with Gasteiger partial charge in [-0.05, 0) is 80.1 Å². The Bertz CT molecular complexity index is 599. The fourth-order valence-corrected chi connectivity index (χ4v) is 7.69. The Balaban J connectivity index is 1.34. The Morgan fingerprint density at radius 3 is 2.75 bits per heavy atom. The number of methoxy groups -OCH3 is 1. The van der Waals surface area contributed by atoms with Gasteiger partial charge < -0.3 is 4.74 Å². The van der Waals surface area contributed by atoms with E-state index in [2.05, 4.69) is 19.9 Å². The van der Waals surface area contributed by atoms with Crippen LogP contribution in [0.4, 0.5) is 0 Å². The zero-order valence-electron chi connectivity index (χ0n) is 18.9. The zero-order chi connectivity index (χ0) is 19.6. The molecule has 0 aliphatic heterocycles. The van der Waals surface area contributed by atoms with Gasteiger partial charge in [-0.25, -0.2) is 0 Å². The number of unbranched alkanes of at least 4 members (excludes halogenated alkanes) is 5. The van der Waals surface area contributed by atoms with Gasteiger partial charge in [0, 0.05) is 6.42 Å². The first kappa shape index (κ1) is 20.5. The molecule has 4 aliphatic rings. The van der Waals surface area contributed by atoms with Gasteiger partial charge in [0.15, 0.2) is 0 Å². The van der Waals surface area contributed by atoms with Gasteiger partial charge in [0.2, 0.25) is 0 Å². The summed E-state index contributed by atoms with van der Waals surface area (Å²) >= 11 is 0. The minimum Gasteiger partial charge on any atom is -0.501 e. The highest BCUT2D eigenvalue weighted by Gasteiger charge is 2.53. The Morgan fingerprint density at radius 2 is 1.93 bits per heavy atom. The molecular weight excluding hydrogens is 340 g/mol. The summed E-state index contributed by atoms with van der Waals surface area (Å²) in [7, 11) is 1.84. The van der Waals surface area contributed by atoms with Gasteiger partial charge in [0.1, 0.15) is 0 Å². The third-order valence-electron chi connectivity index (χ3n) is 9.14. The second-order valence-corrected chi connectivity index (χ2v) is 10.9. The molecule has 1 nitrogen and oxygen atoms in total. The molecule has 0 aromatic heterocycles. The quantitative estimate of drug-likeness (QED) is 0.302. The third kappa shape index (κ3) is 4.10. The smallest absolute Gasteiger partial charge is 0.0959 e. The van der Waals surface area contributed by atoms with Crippen molar-refractivity contribution < 1.29 is 4.74 Å². The molecule has 0 bridgehead atoms. The maximum atomic E-state index is 5.57. The van der Waals surface area contributed by atoms with Crippen LogP contribution in [0, 0.1) is 29.1 Å². The van der Waals surface area contributed by atoms with Gasteiger partial charge in [-0.2, -0.15) is 0 Å². The van der Waals surface area contributed by atoms with E-state index in [4.69, 9.17) is 4.74 Å². The van der Waals surface area contributed by atoms with Crippen molar-refractivity contribution >= 4 is 0 Å². The molecule has 4 rings (SSSR count). The predicted octanol–water partition coefficient (Wildman–Crippen LogP) is 8.21. The van der Waals surface area contributed by atoms with E-state index in [0.29, 0.717) is 5.41 Å². The first-order valence-electron chi connectivity index (χ1n) is 12.6. The van der Waals surface area contributed by atoms with Crippen molar-refractivity contribution in [2.75, 3.05) is 7.11 Å². The lowest BCUT2D eigenvalue weighted by Gasteiger charge is -2.50. The molecule has 158 valence electrons. The van der Waals surface area contributed by atoms with Crippen LogP contribution in [-0.4, -0.2) is 7.11 Å². The second kappa shape index (κ2) is 8.97. The summed E-state index contributed by atoms with van der Waals surface area (Å²) in [5.41, 5.74) is 4.26. The first-order valence-corrected chi connectivity index (χ1v) is 12.6. The van der Waals surface area contributed by atoms with E-state index in [-0.39, 0.29) is 0 Å². The molecule has 2 saturated carbocycles. The monoisotopic (exact) mass is 384 g/mol. The summed E-state index contributed by atoms with van der Waals surface area (Å²) in [6.07, 6.45) is 23.8. The van der Waals surface area contributed by atoms with Crippen LogP contribution in [-0.2, 0) is 4.74 Å². The number of hydrogen-bond donors (Lipinski definition) is 0. The first-order chi connectivity index (χ1) is 13.6. The summed E-state index contributed by atoms with van der Waals surface area (Å²) < 4.78 is 5.57. The highest BCUT2D eigenvalue weighted by Crippen LogP contribution is 2.62. The number of rotatable bonds is 8. The lowest BCUT2D eigenvalue weighted by molar-refractivity contribution is 0.0422. The summed E-state index contributed by atoms with van der Waals surface area (Å²) in [5, 5.41) is 0. The van der Waals surface area contributed by atoms with Crippen LogP contribution in [0.25, 0.3) is 0 Å². The van der Waals surface area contributed by atoms with Crippen molar-refractivity contribution in [2.24, 2.45) is 29.1 Å². The number of ether oxygens (including phenoxy) is 1. The minimum atomic E-state index is 0.661. The normalized spacial score (nSPS) is 37.2. The molecule has 4 aliphatic carbocycles. The van der Waals surface area contributed by atoms with Gasteiger partial charge in [-0.3, -0.25) is 0 Å². The van der Waals surface area contributed by atoms with Crippen LogP contribution in [0.1, 0.15) is 110 Å². The summed E-state index contributed by atoms with van der Waals surface area (Å²) in [6.45, 7) is 4.99. The maximum Gasteiger partial charge on any atom is 0.0959 e. The summed E-state index contributed by atoms with van der Waals surface area (Å²) in [6, 6.07) is 0. The van der Waals surface area contributed by atoms with Crippen LogP contribution in [0.2, 0.25) is 0 Å². The standard InChI is InChI=1S/C27H44O/c1-4-5-6-7-8-9-10-20-17-26-25-13-11-21-18-22(28-3)12-14-23(21)24(25)15-16-27(26,2)19-20/h12,20,24-26H,4-11,13-19H2,1-3H3/t20-,24-,25-,26+,27-/m1/s1. The Kier molecular flexibility index (Phi) is 6.58. The highest BCUT2D eigenvalue weighted by molar-refractivity contribution is 5.32. The molecule has 0 spiro atoms. The molecule has 0 N–H and O–H groups in total. The molecule has 5 atom stereocenters. The maximum absolute atomic E-state index is 5.57. The second-order valence-electron chi connectivity index (χ2n) is 10.9. The van der Waals surface area contributed by atoms with E-state index in [9.17, 15) is 0 Å². The van der Waals surface area contributed by atoms with E-state index >= 15 is 0 Å². The highest BCUT2D eigenvalue weighted by atomic mass is 16.5. The van der Waals surface area contributed by atoms with Gasteiger partial charge in [0.25, 0.3) is 0 Å². The summed E-state index contributed by atoms with van der Waals surface area (Å²) in [5.74, 6) is 5.16. The van der Waals surface area contributed by atoms with Gasteiger partial charge in [-0.1, -0.05) is 69.9 Å². The summed E-state index contributed by atoms with van der Waals surface area (Å²) in [4.78, 5) is 0. The topological polar surface area (TPSA) is 9.23 Å². The Hall–Kier alpha value is -0.720. The zero-order valence-corrected chi connectivity index (χ0v) is 18.9. The third-order valence-corrected chi connectivity index (χ3v) is 9.14. The fourth-order valence-electron chi connectivity index (χ4n) is 7.69. The lowest BCUT2D eigenvalue weighted by Crippen LogP contribution is -2.41. The van der Waals surface area contributed by atoms with Gasteiger partial charge in [0.05, 0.1) is 12.9 Å². The van der Waals surface area contributed by atoms with E-state index in [1.54, 1.807) is 12.0 Å². The van der Waals surface area contributed by atoms with Crippen molar-refractivity contribution in [3.63, 3.8) is 0 Å². The molecule has 1 heteroatoms. The van der Waals surface area contributed by atoms with Crippen LogP contribution < -0.4 is 0 Å². The minimum absolute atomic E-state index is 0.661. The molecule has 28 heavy (non-hydrogen) atoms. The average Bonchev–Trinajstić information content (AvgIpc) is 3.06. The molecular formula is C27H44O. The van der Waals surface area contributed by atoms with Crippen LogP contribution in [0.3, 0.4) is 0 Å². The average molecular weight is 385 g/mol. The van der Waals surface area contributed by atoms with Crippen molar-refractivity contribution in [2.45, 2.75) is 110 Å². The Morgan fingerprint density at radius 1 is 1.11 bits per heavy atom. The van der Waals surface area contributed by atoms with E-state index in [1.807, 2.05) is 12.7 Å². The van der Waals surface area contributed by atoms with Crippen LogP contribution >= 0.6 is 0 Å². The SMILES string of the molecule is CCCCCCCC[C@@H]1C[C@H]2[C@@H]3CCC4=C(CC=C(OC)C4)[C@H]3CC[C@]2(C)C1. The predicted molar refractivity (Wildman–Crippen MR) is 119 cm³/mol. The molecule has 0 amide bonds. The molecule has 2 fully saturated rings.